The fourth-order valence-electron chi connectivity index (χ4n) is 1.63. The summed E-state index contributed by atoms with van der Waals surface area (Å²) < 4.78 is 1.76. The van der Waals surface area contributed by atoms with Crippen molar-refractivity contribution in [3.63, 3.8) is 0 Å². The molecule has 1 amide bonds. The molecule has 0 spiro atoms. The highest BCUT2D eigenvalue weighted by molar-refractivity contribution is 5.94. The first-order valence-electron chi connectivity index (χ1n) is 5.38. The Morgan fingerprint density at radius 1 is 1.18 bits per heavy atom. The normalized spacial score (nSPS) is 10.3. The van der Waals surface area contributed by atoms with Gasteiger partial charge in [-0.25, -0.2) is 0 Å². The van der Waals surface area contributed by atoms with Crippen molar-refractivity contribution in [2.45, 2.75) is 0 Å². The van der Waals surface area contributed by atoms with Crippen LogP contribution in [0, 0.1) is 0 Å². The maximum atomic E-state index is 11.7. The third-order valence-corrected chi connectivity index (χ3v) is 2.58. The van der Waals surface area contributed by atoms with Gasteiger partial charge < -0.3 is 4.90 Å². The van der Waals surface area contributed by atoms with Crippen LogP contribution < -0.4 is 0 Å². The summed E-state index contributed by atoms with van der Waals surface area (Å²) in [6, 6.07) is 7.55. The van der Waals surface area contributed by atoms with Crippen molar-refractivity contribution in [1.82, 2.24) is 14.7 Å². The lowest BCUT2D eigenvalue weighted by atomic mass is 10.1. The molecule has 0 saturated heterocycles. The molecular weight excluding hydrogens is 214 g/mol. The SMILES string of the molecule is CN(C)C(=O)c1ccc(-c2cnn(C)c2)cc1. The average Bonchev–Trinajstić information content (AvgIpc) is 2.75. The Morgan fingerprint density at radius 3 is 2.29 bits per heavy atom. The fraction of sp³-hybridized carbons (Fsp3) is 0.231. The minimum Gasteiger partial charge on any atom is -0.345 e. The van der Waals surface area contributed by atoms with Crippen LogP contribution in [-0.2, 0) is 7.05 Å². The van der Waals surface area contributed by atoms with Crippen LogP contribution in [0.4, 0.5) is 0 Å². The Kier molecular flexibility index (Phi) is 2.95. The number of nitrogens with zero attached hydrogens (tertiary/aromatic N) is 3. The van der Waals surface area contributed by atoms with Crippen molar-refractivity contribution in [1.29, 1.82) is 0 Å². The molecule has 0 atom stereocenters. The number of rotatable bonds is 2. The van der Waals surface area contributed by atoms with E-state index in [1.807, 2.05) is 43.7 Å². The lowest BCUT2D eigenvalue weighted by Crippen LogP contribution is -2.21. The molecule has 2 rings (SSSR count). The zero-order valence-corrected chi connectivity index (χ0v) is 10.2. The van der Waals surface area contributed by atoms with Gasteiger partial charge in [0.15, 0.2) is 0 Å². The Morgan fingerprint density at radius 2 is 1.82 bits per heavy atom. The predicted molar refractivity (Wildman–Crippen MR) is 66.7 cm³/mol. The monoisotopic (exact) mass is 229 g/mol. The van der Waals surface area contributed by atoms with Gasteiger partial charge in [-0.1, -0.05) is 12.1 Å². The van der Waals surface area contributed by atoms with Crippen molar-refractivity contribution in [3.8, 4) is 11.1 Å². The van der Waals surface area contributed by atoms with Crippen LogP contribution in [0.25, 0.3) is 11.1 Å². The first-order chi connectivity index (χ1) is 8.08. The van der Waals surface area contributed by atoms with E-state index >= 15 is 0 Å². The van der Waals surface area contributed by atoms with E-state index in [4.69, 9.17) is 0 Å². The number of carbonyl (C=O) groups is 1. The van der Waals surface area contributed by atoms with Gasteiger partial charge in [0.1, 0.15) is 0 Å². The lowest BCUT2D eigenvalue weighted by Gasteiger charge is -2.10. The summed E-state index contributed by atoms with van der Waals surface area (Å²) in [6.45, 7) is 0. The first kappa shape index (κ1) is 11.4. The number of hydrogen-bond acceptors (Lipinski definition) is 2. The number of hydrogen-bond donors (Lipinski definition) is 0. The molecule has 0 aliphatic rings. The van der Waals surface area contributed by atoms with E-state index in [1.54, 1.807) is 23.7 Å². The van der Waals surface area contributed by atoms with E-state index in [2.05, 4.69) is 5.10 Å². The Balaban J connectivity index is 2.27. The summed E-state index contributed by atoms with van der Waals surface area (Å²) in [5.41, 5.74) is 2.81. The van der Waals surface area contributed by atoms with E-state index in [1.165, 1.54) is 0 Å². The first-order valence-corrected chi connectivity index (χ1v) is 5.38. The van der Waals surface area contributed by atoms with E-state index in [-0.39, 0.29) is 5.91 Å². The minimum atomic E-state index is 0.0164. The van der Waals surface area contributed by atoms with Gasteiger partial charge in [0.05, 0.1) is 6.20 Å². The third kappa shape index (κ3) is 2.36. The standard InChI is InChI=1S/C13H15N3O/c1-15(2)13(17)11-6-4-10(5-7-11)12-8-14-16(3)9-12/h4-9H,1-3H3. The molecule has 1 aromatic heterocycles. The van der Waals surface area contributed by atoms with Crippen LogP contribution >= 0.6 is 0 Å². The van der Waals surface area contributed by atoms with Gasteiger partial charge >= 0.3 is 0 Å². The highest BCUT2D eigenvalue weighted by Gasteiger charge is 2.08. The number of amides is 1. The molecule has 4 heteroatoms. The Bertz CT molecular complexity index is 526. The van der Waals surface area contributed by atoms with Gasteiger partial charge in [-0.2, -0.15) is 5.10 Å². The van der Waals surface area contributed by atoms with Crippen LogP contribution in [0.5, 0.6) is 0 Å². The third-order valence-electron chi connectivity index (χ3n) is 2.58. The molecule has 0 saturated carbocycles. The zero-order valence-electron chi connectivity index (χ0n) is 10.2. The van der Waals surface area contributed by atoms with Gasteiger partial charge in [-0.15, -0.1) is 0 Å². The summed E-state index contributed by atoms with van der Waals surface area (Å²) >= 11 is 0. The average molecular weight is 229 g/mol. The van der Waals surface area contributed by atoms with Crippen molar-refractivity contribution < 1.29 is 4.79 Å². The molecule has 0 aliphatic carbocycles. The molecule has 0 bridgehead atoms. The number of aromatic nitrogens is 2. The maximum Gasteiger partial charge on any atom is 0.253 e. The number of carbonyl (C=O) groups excluding carboxylic acids is 1. The van der Waals surface area contributed by atoms with Gasteiger partial charge in [0.2, 0.25) is 0 Å². The molecule has 0 fully saturated rings. The zero-order chi connectivity index (χ0) is 12.4. The van der Waals surface area contributed by atoms with E-state index in [9.17, 15) is 4.79 Å². The lowest BCUT2D eigenvalue weighted by molar-refractivity contribution is 0.0827. The van der Waals surface area contributed by atoms with Crippen molar-refractivity contribution in [2.24, 2.45) is 7.05 Å². The summed E-state index contributed by atoms with van der Waals surface area (Å²) in [7, 11) is 5.38. The van der Waals surface area contributed by atoms with Gasteiger partial charge in [0, 0.05) is 38.5 Å². The van der Waals surface area contributed by atoms with Gasteiger partial charge in [-0.3, -0.25) is 9.48 Å². The van der Waals surface area contributed by atoms with Crippen LogP contribution in [0.2, 0.25) is 0 Å². The van der Waals surface area contributed by atoms with Gasteiger partial charge in [0.25, 0.3) is 5.91 Å². The number of aryl methyl sites for hydroxylation is 1. The molecule has 2 aromatic rings. The maximum absolute atomic E-state index is 11.7. The second kappa shape index (κ2) is 4.41. The highest BCUT2D eigenvalue weighted by atomic mass is 16.2. The van der Waals surface area contributed by atoms with E-state index in [0.29, 0.717) is 5.56 Å². The summed E-state index contributed by atoms with van der Waals surface area (Å²) in [5.74, 6) is 0.0164. The smallest absolute Gasteiger partial charge is 0.253 e. The molecule has 1 aromatic carbocycles. The fourth-order valence-corrected chi connectivity index (χ4v) is 1.63. The number of benzene rings is 1. The molecule has 0 aliphatic heterocycles. The van der Waals surface area contributed by atoms with E-state index < -0.39 is 0 Å². The molecule has 17 heavy (non-hydrogen) atoms. The van der Waals surface area contributed by atoms with Crippen LogP contribution in [-0.4, -0.2) is 34.7 Å². The van der Waals surface area contributed by atoms with Crippen LogP contribution in [0.3, 0.4) is 0 Å². The highest BCUT2D eigenvalue weighted by Crippen LogP contribution is 2.19. The van der Waals surface area contributed by atoms with Crippen LogP contribution in [0.1, 0.15) is 10.4 Å². The minimum absolute atomic E-state index is 0.0164. The Labute approximate surface area is 100 Å². The summed E-state index contributed by atoms with van der Waals surface area (Å²) in [6.07, 6.45) is 3.76. The summed E-state index contributed by atoms with van der Waals surface area (Å²) in [5, 5.41) is 4.12. The molecule has 1 heterocycles. The second-order valence-corrected chi connectivity index (χ2v) is 4.18. The molecule has 4 nitrogen and oxygen atoms in total. The van der Waals surface area contributed by atoms with Crippen molar-refractivity contribution in [3.05, 3.63) is 42.2 Å². The molecular formula is C13H15N3O. The largest absolute Gasteiger partial charge is 0.345 e. The molecule has 0 unspecified atom stereocenters. The second-order valence-electron chi connectivity index (χ2n) is 4.18. The van der Waals surface area contributed by atoms with Crippen molar-refractivity contribution >= 4 is 5.91 Å². The van der Waals surface area contributed by atoms with Crippen molar-refractivity contribution in [2.75, 3.05) is 14.1 Å². The quantitative estimate of drug-likeness (QED) is 0.787. The summed E-state index contributed by atoms with van der Waals surface area (Å²) in [4.78, 5) is 13.3. The van der Waals surface area contributed by atoms with E-state index in [0.717, 1.165) is 11.1 Å². The van der Waals surface area contributed by atoms with Crippen LogP contribution in [0.15, 0.2) is 36.7 Å². The topological polar surface area (TPSA) is 38.1 Å². The molecule has 0 radical (unpaired) electrons. The molecule has 88 valence electrons. The molecule has 0 N–H and O–H groups in total. The Hall–Kier alpha value is -2.10. The predicted octanol–water partition coefficient (Wildman–Crippen LogP) is 1.79. The van der Waals surface area contributed by atoms with Gasteiger partial charge in [-0.05, 0) is 17.7 Å².